The van der Waals surface area contributed by atoms with Crippen LogP contribution >= 0.6 is 35.0 Å². The summed E-state index contributed by atoms with van der Waals surface area (Å²) in [6, 6.07) is 17.4. The van der Waals surface area contributed by atoms with Crippen molar-refractivity contribution in [3.8, 4) is 11.5 Å². The predicted molar refractivity (Wildman–Crippen MR) is 151 cm³/mol. The number of carbonyl (C=O) groups excluding carboxylic acids is 3. The number of rotatable bonds is 9. The number of hydrogen-bond donors (Lipinski definition) is 1. The van der Waals surface area contributed by atoms with Crippen molar-refractivity contribution in [2.75, 3.05) is 18.5 Å². The summed E-state index contributed by atoms with van der Waals surface area (Å²) < 4.78 is 11.4. The van der Waals surface area contributed by atoms with Crippen molar-refractivity contribution in [1.82, 2.24) is 4.90 Å². The minimum Gasteiger partial charge on any atom is -0.490 e. The number of benzene rings is 3. The largest absolute Gasteiger partial charge is 0.490 e. The number of thioether (sulfide) groups is 1. The number of nitrogens with one attached hydrogen (secondary N) is 1. The van der Waals surface area contributed by atoms with Gasteiger partial charge < -0.3 is 14.8 Å². The van der Waals surface area contributed by atoms with E-state index < -0.39 is 11.1 Å². The van der Waals surface area contributed by atoms with Crippen LogP contribution in [0.4, 0.5) is 10.5 Å². The van der Waals surface area contributed by atoms with Crippen LogP contribution in [-0.4, -0.2) is 35.2 Å². The Bertz CT molecular complexity index is 1410. The van der Waals surface area contributed by atoms with Crippen LogP contribution in [0.3, 0.4) is 0 Å². The van der Waals surface area contributed by atoms with E-state index in [1.54, 1.807) is 42.5 Å². The maximum atomic E-state index is 13.0. The van der Waals surface area contributed by atoms with Crippen molar-refractivity contribution in [2.45, 2.75) is 20.4 Å². The molecule has 3 aromatic rings. The van der Waals surface area contributed by atoms with Crippen molar-refractivity contribution in [1.29, 1.82) is 0 Å². The first-order valence-electron chi connectivity index (χ1n) is 11.7. The second-order valence-electron chi connectivity index (χ2n) is 8.35. The number of anilines is 1. The third kappa shape index (κ3) is 6.89. The molecule has 0 aromatic heterocycles. The van der Waals surface area contributed by atoms with Crippen molar-refractivity contribution in [3.05, 3.63) is 92.3 Å². The van der Waals surface area contributed by atoms with E-state index in [0.29, 0.717) is 45.0 Å². The minimum absolute atomic E-state index is 0.0413. The molecule has 10 heteroatoms. The van der Waals surface area contributed by atoms with Crippen LogP contribution in [-0.2, 0) is 16.1 Å². The van der Waals surface area contributed by atoms with Gasteiger partial charge >= 0.3 is 0 Å². The normalized spacial score (nSPS) is 14.2. The van der Waals surface area contributed by atoms with Crippen LogP contribution in [0.1, 0.15) is 23.6 Å². The lowest BCUT2D eigenvalue weighted by Crippen LogP contribution is -2.27. The molecular formula is C28H24Cl2N2O5S. The zero-order valence-electron chi connectivity index (χ0n) is 20.6. The highest BCUT2D eigenvalue weighted by atomic mass is 35.5. The summed E-state index contributed by atoms with van der Waals surface area (Å²) in [7, 11) is 0. The molecule has 0 atom stereocenters. The number of aryl methyl sites for hydroxylation is 1. The molecule has 7 nitrogen and oxygen atoms in total. The number of ether oxygens (including phenoxy) is 2. The van der Waals surface area contributed by atoms with Gasteiger partial charge in [-0.2, -0.15) is 0 Å². The summed E-state index contributed by atoms with van der Waals surface area (Å²) in [5.41, 5.74) is 3.03. The van der Waals surface area contributed by atoms with Crippen molar-refractivity contribution in [3.63, 3.8) is 0 Å². The maximum absolute atomic E-state index is 13.0. The van der Waals surface area contributed by atoms with Crippen LogP contribution in [0.15, 0.2) is 65.6 Å². The Hall–Kier alpha value is -3.46. The molecule has 1 fully saturated rings. The third-order valence-electron chi connectivity index (χ3n) is 5.48. The molecule has 3 aromatic carbocycles. The lowest BCUT2D eigenvalue weighted by Gasteiger charge is -2.14. The predicted octanol–water partition coefficient (Wildman–Crippen LogP) is 6.95. The number of imide groups is 1. The van der Waals surface area contributed by atoms with Crippen LogP contribution < -0.4 is 14.8 Å². The van der Waals surface area contributed by atoms with E-state index in [2.05, 4.69) is 5.32 Å². The van der Waals surface area contributed by atoms with Crippen molar-refractivity contribution >= 4 is 63.8 Å². The summed E-state index contributed by atoms with van der Waals surface area (Å²) >= 11 is 13.0. The van der Waals surface area contributed by atoms with E-state index in [1.165, 1.54) is 0 Å². The van der Waals surface area contributed by atoms with E-state index in [4.69, 9.17) is 32.7 Å². The molecule has 38 heavy (non-hydrogen) atoms. The molecule has 0 aliphatic carbocycles. The van der Waals surface area contributed by atoms with Crippen LogP contribution in [0, 0.1) is 6.92 Å². The Morgan fingerprint density at radius 2 is 1.76 bits per heavy atom. The van der Waals surface area contributed by atoms with E-state index in [0.717, 1.165) is 22.2 Å². The van der Waals surface area contributed by atoms with Crippen molar-refractivity contribution < 1.29 is 23.9 Å². The fourth-order valence-electron chi connectivity index (χ4n) is 3.59. The van der Waals surface area contributed by atoms with E-state index in [9.17, 15) is 14.4 Å². The van der Waals surface area contributed by atoms with Gasteiger partial charge in [0, 0.05) is 15.7 Å². The fourth-order valence-corrected chi connectivity index (χ4v) is 4.89. The first-order chi connectivity index (χ1) is 18.2. The smallest absolute Gasteiger partial charge is 0.293 e. The van der Waals surface area contributed by atoms with Crippen LogP contribution in [0.2, 0.25) is 10.0 Å². The number of hydrogen-bond acceptors (Lipinski definition) is 6. The Kier molecular flexibility index (Phi) is 8.99. The topological polar surface area (TPSA) is 84.9 Å². The lowest BCUT2D eigenvalue weighted by atomic mass is 10.1. The highest BCUT2D eigenvalue weighted by molar-refractivity contribution is 8.18. The summed E-state index contributed by atoms with van der Waals surface area (Å²) in [6.07, 6.45) is 1.62. The Labute approximate surface area is 234 Å². The summed E-state index contributed by atoms with van der Waals surface area (Å²) in [5, 5.41) is 3.24. The lowest BCUT2D eigenvalue weighted by molar-refractivity contribution is -0.123. The van der Waals surface area contributed by atoms with Gasteiger partial charge in [0.2, 0.25) is 0 Å². The first kappa shape index (κ1) is 27.6. The summed E-state index contributed by atoms with van der Waals surface area (Å²) in [5.74, 6) is 0.0667. The Balaban J connectivity index is 1.44. The van der Waals surface area contributed by atoms with Gasteiger partial charge in [0.1, 0.15) is 0 Å². The standard InChI is InChI=1S/C28H24Cl2N2O5S/c1-3-36-24-12-18(6-11-23(24)37-16-26(33)31-21-9-4-17(2)5-10-21)13-25-27(34)32(28(35)38-25)15-19-7-8-20(29)14-22(19)30/h4-14H,3,15-16H2,1-2H3,(H,31,33)/b25-13-. The second-order valence-corrected chi connectivity index (χ2v) is 10.2. The van der Waals surface area contributed by atoms with Crippen molar-refractivity contribution in [2.24, 2.45) is 0 Å². The highest BCUT2D eigenvalue weighted by Crippen LogP contribution is 2.36. The first-order valence-corrected chi connectivity index (χ1v) is 13.3. The Morgan fingerprint density at radius 3 is 2.47 bits per heavy atom. The zero-order valence-corrected chi connectivity index (χ0v) is 23.0. The van der Waals surface area contributed by atoms with Gasteiger partial charge in [0.05, 0.1) is 18.1 Å². The fraction of sp³-hybridized carbons (Fsp3) is 0.179. The second kappa shape index (κ2) is 12.4. The highest BCUT2D eigenvalue weighted by Gasteiger charge is 2.35. The number of nitrogens with zero attached hydrogens (tertiary/aromatic N) is 1. The average molecular weight is 571 g/mol. The maximum Gasteiger partial charge on any atom is 0.293 e. The molecule has 3 amide bonds. The quantitative estimate of drug-likeness (QED) is 0.280. The Morgan fingerprint density at radius 1 is 1.00 bits per heavy atom. The molecule has 1 saturated heterocycles. The number of carbonyl (C=O) groups is 3. The molecule has 4 rings (SSSR count). The van der Waals surface area contributed by atoms with Gasteiger partial charge in [-0.25, -0.2) is 0 Å². The molecule has 0 saturated carbocycles. The molecule has 1 aliphatic rings. The van der Waals surface area contributed by atoms with Gasteiger partial charge in [-0.15, -0.1) is 0 Å². The van der Waals surface area contributed by atoms with E-state index >= 15 is 0 Å². The average Bonchev–Trinajstić information content (AvgIpc) is 3.14. The molecule has 0 radical (unpaired) electrons. The van der Waals surface area contributed by atoms with Gasteiger partial charge in [0.25, 0.3) is 17.1 Å². The molecule has 0 spiro atoms. The van der Waals surface area contributed by atoms with E-state index in [-0.39, 0.29) is 24.0 Å². The van der Waals surface area contributed by atoms with Gasteiger partial charge in [0.15, 0.2) is 18.1 Å². The molecular weight excluding hydrogens is 547 g/mol. The number of halogens is 2. The summed E-state index contributed by atoms with van der Waals surface area (Å²) in [4.78, 5) is 39.3. The van der Waals surface area contributed by atoms with Gasteiger partial charge in [-0.1, -0.05) is 53.0 Å². The third-order valence-corrected chi connectivity index (χ3v) is 6.97. The SMILES string of the molecule is CCOc1cc(/C=C2\SC(=O)N(Cc3ccc(Cl)cc3Cl)C2=O)ccc1OCC(=O)Nc1ccc(C)cc1. The van der Waals surface area contributed by atoms with E-state index in [1.807, 2.05) is 38.1 Å². The molecule has 0 unspecified atom stereocenters. The monoisotopic (exact) mass is 570 g/mol. The van der Waals surface area contributed by atoms with Gasteiger partial charge in [-0.05, 0) is 79.2 Å². The molecule has 1 heterocycles. The number of amides is 3. The van der Waals surface area contributed by atoms with Crippen LogP contribution in [0.5, 0.6) is 11.5 Å². The van der Waals surface area contributed by atoms with Gasteiger partial charge in [-0.3, -0.25) is 19.3 Å². The summed E-state index contributed by atoms with van der Waals surface area (Å²) in [6.45, 7) is 4.00. The molecule has 1 aliphatic heterocycles. The minimum atomic E-state index is -0.419. The molecule has 0 bridgehead atoms. The van der Waals surface area contributed by atoms with Crippen LogP contribution in [0.25, 0.3) is 6.08 Å². The molecule has 196 valence electrons. The zero-order chi connectivity index (χ0) is 27.2. The molecule has 1 N–H and O–H groups in total.